The predicted octanol–water partition coefficient (Wildman–Crippen LogP) is 2.01. The molecule has 142 valence electrons. The summed E-state index contributed by atoms with van der Waals surface area (Å²) < 4.78 is 26.8. The van der Waals surface area contributed by atoms with Crippen LogP contribution in [0.25, 0.3) is 0 Å². The number of piperazine rings is 1. The van der Waals surface area contributed by atoms with Gasteiger partial charge in [-0.1, -0.05) is 0 Å². The lowest BCUT2D eigenvalue weighted by Crippen LogP contribution is -2.44. The van der Waals surface area contributed by atoms with Crippen LogP contribution in [0.3, 0.4) is 0 Å². The van der Waals surface area contributed by atoms with Crippen molar-refractivity contribution in [2.24, 2.45) is 0 Å². The van der Waals surface area contributed by atoms with Gasteiger partial charge in [0.15, 0.2) is 0 Å². The normalized spacial score (nSPS) is 17.8. The quantitative estimate of drug-likeness (QED) is 0.813. The molecule has 0 spiro atoms. The highest BCUT2D eigenvalue weighted by Crippen LogP contribution is 2.28. The summed E-state index contributed by atoms with van der Waals surface area (Å²) in [5, 5.41) is 4.99. The molecule has 10 heteroatoms. The fraction of sp³-hybridized carbons (Fsp3) is 0.600. The summed E-state index contributed by atoms with van der Waals surface area (Å²) in [7, 11) is 0. The molecule has 0 bridgehead atoms. The van der Waals surface area contributed by atoms with Crippen LogP contribution < -0.4 is 15.6 Å². The van der Waals surface area contributed by atoms with Crippen LogP contribution in [0, 0.1) is 0 Å². The van der Waals surface area contributed by atoms with Crippen LogP contribution in [0.15, 0.2) is 12.1 Å². The van der Waals surface area contributed by atoms with E-state index in [1.807, 2.05) is 4.90 Å². The third-order valence-corrected chi connectivity index (χ3v) is 4.17. The van der Waals surface area contributed by atoms with Gasteiger partial charge in [0.05, 0.1) is 5.69 Å². The Morgan fingerprint density at radius 2 is 1.76 bits per heavy atom. The van der Waals surface area contributed by atoms with Crippen molar-refractivity contribution in [3.63, 3.8) is 0 Å². The smallest absolute Gasteiger partial charge is 0.284 e. The lowest BCUT2D eigenvalue weighted by atomic mass is 10.2. The van der Waals surface area contributed by atoms with E-state index >= 15 is 0 Å². The van der Waals surface area contributed by atoms with Crippen molar-refractivity contribution in [3.05, 3.63) is 23.5 Å². The van der Waals surface area contributed by atoms with Crippen LogP contribution in [0.2, 0.25) is 0 Å². The first kappa shape index (κ1) is 21.8. The molecule has 0 atom stereocenters. The number of anilines is 1. The summed E-state index contributed by atoms with van der Waals surface area (Å²) in [6.07, 6.45) is -0.657. The van der Waals surface area contributed by atoms with Crippen LogP contribution in [-0.4, -0.2) is 55.2 Å². The van der Waals surface area contributed by atoms with Gasteiger partial charge < -0.3 is 10.2 Å². The summed E-state index contributed by atoms with van der Waals surface area (Å²) in [6.45, 7) is 4.37. The van der Waals surface area contributed by atoms with Gasteiger partial charge in [0.1, 0.15) is 11.4 Å². The highest BCUT2D eigenvalue weighted by atomic mass is 35.5. The van der Waals surface area contributed by atoms with E-state index in [4.69, 9.17) is 0 Å². The zero-order chi connectivity index (χ0) is 16.2. The van der Waals surface area contributed by atoms with Gasteiger partial charge >= 0.3 is 0 Å². The number of nitrogens with one attached hydrogen (secondary N) is 2. The molecule has 6 nitrogen and oxygen atoms in total. The predicted molar refractivity (Wildman–Crippen MR) is 97.0 cm³/mol. The van der Waals surface area contributed by atoms with Crippen LogP contribution in [-0.2, 0) is 0 Å². The molecule has 1 aromatic heterocycles. The molecular formula is C15H23Cl2F2N5O. The highest BCUT2D eigenvalue weighted by Gasteiger charge is 2.24. The Kier molecular flexibility index (Phi) is 8.78. The number of pyridine rings is 1. The first-order valence-electron chi connectivity index (χ1n) is 7.96. The van der Waals surface area contributed by atoms with E-state index in [1.54, 1.807) is 11.1 Å². The molecule has 0 unspecified atom stereocenters. The van der Waals surface area contributed by atoms with E-state index in [9.17, 15) is 13.6 Å². The monoisotopic (exact) mass is 397 g/mol. The Hall–Kier alpha value is -1.22. The van der Waals surface area contributed by atoms with Gasteiger partial charge in [0, 0.05) is 39.3 Å². The summed E-state index contributed by atoms with van der Waals surface area (Å²) in [5.74, 6) is -0.430. The van der Waals surface area contributed by atoms with E-state index in [0.717, 1.165) is 39.0 Å². The fourth-order valence-electron chi connectivity index (χ4n) is 2.96. The average molecular weight is 398 g/mol. The number of halogens is 4. The van der Waals surface area contributed by atoms with E-state index in [1.165, 1.54) is 6.07 Å². The number of carbonyl (C=O) groups excluding carboxylic acids is 1. The molecule has 2 fully saturated rings. The third kappa shape index (κ3) is 5.37. The number of aromatic nitrogens is 1. The number of nitrogens with zero attached hydrogens (tertiary/aromatic N) is 3. The lowest BCUT2D eigenvalue weighted by Gasteiger charge is -2.30. The maximum absolute atomic E-state index is 13.4. The number of alkyl halides is 2. The summed E-state index contributed by atoms with van der Waals surface area (Å²) in [4.78, 5) is 18.0. The second kappa shape index (κ2) is 10.1. The number of rotatable bonds is 4. The molecular weight excluding hydrogens is 375 g/mol. The zero-order valence-corrected chi connectivity index (χ0v) is 15.3. The topological polar surface area (TPSA) is 60.5 Å². The molecule has 2 saturated heterocycles. The third-order valence-electron chi connectivity index (χ3n) is 4.17. The molecule has 0 radical (unpaired) electrons. The van der Waals surface area contributed by atoms with Gasteiger partial charge in [0.25, 0.3) is 12.3 Å². The Bertz CT molecular complexity index is 567. The minimum absolute atomic E-state index is 0. The van der Waals surface area contributed by atoms with Crippen molar-refractivity contribution in [1.82, 2.24) is 20.7 Å². The van der Waals surface area contributed by atoms with Crippen LogP contribution in [0.5, 0.6) is 0 Å². The molecule has 0 aliphatic carbocycles. The van der Waals surface area contributed by atoms with Crippen molar-refractivity contribution < 1.29 is 13.6 Å². The standard InChI is InChI=1S/C15H21F2N5O.2ClH/c16-14(17)13-12(21-9-5-18-6-10-21)4-3-11(19-13)15(23)20-22-7-1-2-8-22;;/h3-4,14,18H,1-2,5-10H2,(H,20,23);2*1H. The Morgan fingerprint density at radius 3 is 2.36 bits per heavy atom. The van der Waals surface area contributed by atoms with Crippen molar-refractivity contribution in [2.45, 2.75) is 19.3 Å². The van der Waals surface area contributed by atoms with Gasteiger partial charge in [-0.25, -0.2) is 18.8 Å². The van der Waals surface area contributed by atoms with Gasteiger partial charge in [-0.05, 0) is 25.0 Å². The summed E-state index contributed by atoms with van der Waals surface area (Å²) >= 11 is 0. The molecule has 1 aromatic rings. The fourth-order valence-corrected chi connectivity index (χ4v) is 2.96. The van der Waals surface area contributed by atoms with Crippen LogP contribution in [0.1, 0.15) is 35.4 Å². The second-order valence-electron chi connectivity index (χ2n) is 5.77. The molecule has 2 aliphatic rings. The van der Waals surface area contributed by atoms with Crippen molar-refractivity contribution in [3.8, 4) is 0 Å². The molecule has 3 heterocycles. The minimum Gasteiger partial charge on any atom is -0.367 e. The number of carbonyl (C=O) groups is 1. The Balaban J connectivity index is 0.00000156. The molecule has 3 rings (SSSR count). The van der Waals surface area contributed by atoms with Crippen molar-refractivity contribution in [1.29, 1.82) is 0 Å². The van der Waals surface area contributed by atoms with E-state index in [0.29, 0.717) is 18.8 Å². The van der Waals surface area contributed by atoms with Gasteiger partial charge in [0.2, 0.25) is 0 Å². The molecule has 0 aromatic carbocycles. The Labute approximate surface area is 158 Å². The van der Waals surface area contributed by atoms with Crippen molar-refractivity contribution >= 4 is 36.4 Å². The molecule has 25 heavy (non-hydrogen) atoms. The molecule has 2 aliphatic heterocycles. The first-order chi connectivity index (χ1) is 11.1. The number of hydrogen-bond donors (Lipinski definition) is 2. The van der Waals surface area contributed by atoms with E-state index in [-0.39, 0.29) is 36.2 Å². The van der Waals surface area contributed by atoms with Gasteiger partial charge in [-0.3, -0.25) is 10.2 Å². The summed E-state index contributed by atoms with van der Waals surface area (Å²) in [6, 6.07) is 3.10. The van der Waals surface area contributed by atoms with E-state index < -0.39 is 12.3 Å². The first-order valence-corrected chi connectivity index (χ1v) is 7.96. The molecule has 1 amide bonds. The average Bonchev–Trinajstić information content (AvgIpc) is 3.08. The second-order valence-corrected chi connectivity index (χ2v) is 5.77. The summed E-state index contributed by atoms with van der Waals surface area (Å²) in [5.41, 5.74) is 2.85. The van der Waals surface area contributed by atoms with Gasteiger partial charge in [-0.15, -0.1) is 24.8 Å². The maximum atomic E-state index is 13.4. The molecule has 0 saturated carbocycles. The largest absolute Gasteiger partial charge is 0.367 e. The number of hydrogen-bond acceptors (Lipinski definition) is 5. The maximum Gasteiger partial charge on any atom is 0.284 e. The van der Waals surface area contributed by atoms with E-state index in [2.05, 4.69) is 15.7 Å². The molecule has 2 N–H and O–H groups in total. The zero-order valence-electron chi connectivity index (χ0n) is 13.7. The highest BCUT2D eigenvalue weighted by molar-refractivity contribution is 5.92. The van der Waals surface area contributed by atoms with Crippen molar-refractivity contribution in [2.75, 3.05) is 44.2 Å². The van der Waals surface area contributed by atoms with Crippen LogP contribution >= 0.6 is 24.8 Å². The SMILES string of the molecule is Cl.Cl.O=C(NN1CCCC1)c1ccc(N2CCNCC2)c(C(F)F)n1. The Morgan fingerprint density at radius 1 is 1.12 bits per heavy atom. The number of hydrazine groups is 1. The van der Waals surface area contributed by atoms with Gasteiger partial charge in [-0.2, -0.15) is 0 Å². The lowest BCUT2D eigenvalue weighted by molar-refractivity contribution is 0.0818. The minimum atomic E-state index is -2.71. The van der Waals surface area contributed by atoms with Crippen LogP contribution in [0.4, 0.5) is 14.5 Å². The number of amides is 1.